The second kappa shape index (κ2) is 10.4. The highest BCUT2D eigenvalue weighted by Crippen LogP contribution is 2.33. The molecular formula is C26H25N3O3S. The number of para-hydroxylation sites is 1. The molecule has 4 aromatic rings. The molecule has 33 heavy (non-hydrogen) atoms. The predicted molar refractivity (Wildman–Crippen MR) is 130 cm³/mol. The van der Waals surface area contributed by atoms with Crippen LogP contribution in [0.25, 0.3) is 10.4 Å². The first-order valence-corrected chi connectivity index (χ1v) is 11.4. The number of aromatic hydroxyl groups is 1. The highest BCUT2D eigenvalue weighted by Gasteiger charge is 2.23. The van der Waals surface area contributed by atoms with E-state index in [1.165, 1.54) is 11.3 Å². The van der Waals surface area contributed by atoms with Crippen LogP contribution in [-0.2, 0) is 6.61 Å². The number of nitrogens with zero attached hydrogens (tertiary/aromatic N) is 1. The number of thiophene rings is 1. The monoisotopic (exact) mass is 459 g/mol. The molecule has 2 unspecified atom stereocenters. The van der Waals surface area contributed by atoms with Crippen molar-refractivity contribution in [3.8, 4) is 16.2 Å². The van der Waals surface area contributed by atoms with Crippen LogP contribution in [-0.4, -0.2) is 21.1 Å². The molecule has 2 atom stereocenters. The molecule has 0 bridgehead atoms. The summed E-state index contributed by atoms with van der Waals surface area (Å²) < 4.78 is 0. The van der Waals surface area contributed by atoms with Crippen molar-refractivity contribution < 1.29 is 15.0 Å². The number of phenols is 1. The van der Waals surface area contributed by atoms with E-state index < -0.39 is 6.04 Å². The number of aromatic nitrogens is 1. The molecule has 2 heterocycles. The zero-order valence-corrected chi connectivity index (χ0v) is 18.7. The molecule has 0 aliphatic carbocycles. The lowest BCUT2D eigenvalue weighted by Crippen LogP contribution is -2.30. The molecule has 7 heteroatoms. The van der Waals surface area contributed by atoms with Crippen molar-refractivity contribution in [1.29, 1.82) is 0 Å². The van der Waals surface area contributed by atoms with Crippen molar-refractivity contribution in [3.05, 3.63) is 107 Å². The van der Waals surface area contributed by atoms with Gasteiger partial charge in [-0.3, -0.25) is 9.78 Å². The van der Waals surface area contributed by atoms with Gasteiger partial charge in [-0.15, -0.1) is 11.3 Å². The summed E-state index contributed by atoms with van der Waals surface area (Å²) in [5.74, 6) is -0.149. The van der Waals surface area contributed by atoms with Crippen LogP contribution in [0.4, 0.5) is 0 Å². The molecule has 1 amide bonds. The zero-order chi connectivity index (χ0) is 23.2. The van der Waals surface area contributed by atoms with Gasteiger partial charge in [0.15, 0.2) is 0 Å². The Morgan fingerprint density at radius 1 is 1.03 bits per heavy atom. The average Bonchev–Trinajstić information content (AvgIpc) is 3.35. The summed E-state index contributed by atoms with van der Waals surface area (Å²) in [7, 11) is 0. The number of benzene rings is 2. The van der Waals surface area contributed by atoms with Crippen LogP contribution in [0.5, 0.6) is 5.75 Å². The number of phenolic OH excluding ortho intramolecular Hbond substituents is 1. The summed E-state index contributed by atoms with van der Waals surface area (Å²) in [6.07, 6.45) is 3.78. The maximum Gasteiger partial charge on any atom is 0.261 e. The third-order valence-electron chi connectivity index (χ3n) is 5.50. The van der Waals surface area contributed by atoms with Crippen LogP contribution in [0, 0.1) is 0 Å². The molecule has 4 rings (SSSR count). The van der Waals surface area contributed by atoms with Crippen molar-refractivity contribution in [2.24, 2.45) is 5.73 Å². The Balaban J connectivity index is 1.58. The molecule has 0 saturated carbocycles. The van der Waals surface area contributed by atoms with E-state index in [0.29, 0.717) is 16.9 Å². The number of pyridine rings is 1. The first-order valence-electron chi connectivity index (χ1n) is 10.6. The number of nitrogens with one attached hydrogen (secondary N) is 1. The lowest BCUT2D eigenvalue weighted by Gasteiger charge is -2.23. The lowest BCUT2D eigenvalue weighted by molar-refractivity contribution is 0.0937. The Bertz CT molecular complexity index is 1230. The number of amides is 1. The van der Waals surface area contributed by atoms with Crippen LogP contribution in [0.1, 0.15) is 44.9 Å². The number of aliphatic hydroxyl groups excluding tert-OH is 1. The van der Waals surface area contributed by atoms with Gasteiger partial charge in [-0.25, -0.2) is 0 Å². The normalized spacial score (nSPS) is 12.8. The fraction of sp³-hybridized carbons (Fsp3) is 0.154. The summed E-state index contributed by atoms with van der Waals surface area (Å²) in [5.41, 5.74) is 9.58. The minimum atomic E-state index is -0.496. The van der Waals surface area contributed by atoms with Crippen LogP contribution < -0.4 is 11.1 Å². The van der Waals surface area contributed by atoms with Gasteiger partial charge >= 0.3 is 0 Å². The summed E-state index contributed by atoms with van der Waals surface area (Å²) >= 11 is 1.35. The number of carbonyl (C=O) groups is 1. The summed E-state index contributed by atoms with van der Waals surface area (Å²) in [6, 6.07) is 21.0. The van der Waals surface area contributed by atoms with Crippen LogP contribution in [0.15, 0.2) is 85.2 Å². The van der Waals surface area contributed by atoms with Gasteiger partial charge in [0, 0.05) is 28.9 Å². The van der Waals surface area contributed by atoms with Gasteiger partial charge in [-0.1, -0.05) is 48.5 Å². The minimum Gasteiger partial charge on any atom is -0.508 e. The van der Waals surface area contributed by atoms with E-state index in [2.05, 4.69) is 10.3 Å². The Labute approximate surface area is 196 Å². The van der Waals surface area contributed by atoms with Crippen molar-refractivity contribution in [1.82, 2.24) is 10.3 Å². The molecule has 6 nitrogen and oxygen atoms in total. The van der Waals surface area contributed by atoms with Gasteiger partial charge in [0.05, 0.1) is 17.5 Å². The van der Waals surface area contributed by atoms with Gasteiger partial charge in [-0.2, -0.15) is 0 Å². The average molecular weight is 460 g/mol. The van der Waals surface area contributed by atoms with E-state index in [4.69, 9.17) is 5.73 Å². The first-order chi connectivity index (χ1) is 16.1. The van der Waals surface area contributed by atoms with E-state index >= 15 is 0 Å². The molecule has 0 saturated heterocycles. The third-order valence-corrected chi connectivity index (χ3v) is 6.62. The Morgan fingerprint density at radius 2 is 1.82 bits per heavy atom. The van der Waals surface area contributed by atoms with Gasteiger partial charge in [-0.05, 0) is 47.4 Å². The van der Waals surface area contributed by atoms with Gasteiger partial charge in [0.2, 0.25) is 0 Å². The van der Waals surface area contributed by atoms with E-state index in [0.717, 1.165) is 21.6 Å². The second-order valence-electron chi connectivity index (χ2n) is 7.69. The third kappa shape index (κ3) is 5.28. The van der Waals surface area contributed by atoms with E-state index in [-0.39, 0.29) is 24.3 Å². The highest BCUT2D eigenvalue weighted by atomic mass is 32.1. The van der Waals surface area contributed by atoms with Crippen molar-refractivity contribution in [3.63, 3.8) is 0 Å². The molecule has 0 aliphatic heterocycles. The van der Waals surface area contributed by atoms with Gasteiger partial charge in [0.25, 0.3) is 5.91 Å². The van der Waals surface area contributed by atoms with E-state index in [1.807, 2.05) is 48.5 Å². The fourth-order valence-electron chi connectivity index (χ4n) is 3.76. The maximum absolute atomic E-state index is 13.2. The summed E-state index contributed by atoms with van der Waals surface area (Å²) in [4.78, 5) is 18.7. The standard InChI is InChI=1S/C26H25N3O3S/c27-21(17-7-5-13-28-15-17)14-22(20-9-3-4-10-23(20)31)29-26(32)25-12-11-24(33-25)19-8-2-1-6-18(19)16-30/h1-13,15,21-22,30-31H,14,16,27H2,(H,29,32). The number of hydrogen-bond acceptors (Lipinski definition) is 6. The fourth-order valence-corrected chi connectivity index (χ4v) is 4.73. The molecule has 0 fully saturated rings. The summed E-state index contributed by atoms with van der Waals surface area (Å²) in [6.45, 7) is -0.0722. The second-order valence-corrected chi connectivity index (χ2v) is 8.78. The molecule has 168 valence electrons. The lowest BCUT2D eigenvalue weighted by atomic mass is 9.95. The van der Waals surface area contributed by atoms with Crippen molar-refractivity contribution >= 4 is 17.2 Å². The van der Waals surface area contributed by atoms with Crippen molar-refractivity contribution in [2.45, 2.75) is 25.1 Å². The number of aliphatic hydroxyl groups is 1. The quantitative estimate of drug-likeness (QED) is 0.309. The molecule has 0 aliphatic rings. The van der Waals surface area contributed by atoms with E-state index in [1.54, 1.807) is 36.7 Å². The highest BCUT2D eigenvalue weighted by molar-refractivity contribution is 7.17. The van der Waals surface area contributed by atoms with Gasteiger partial charge in [0.1, 0.15) is 5.75 Å². The number of rotatable bonds is 8. The Morgan fingerprint density at radius 3 is 2.58 bits per heavy atom. The molecule has 0 spiro atoms. The molecule has 5 N–H and O–H groups in total. The SMILES string of the molecule is NC(CC(NC(=O)c1ccc(-c2ccccc2CO)s1)c1ccccc1O)c1cccnc1. The van der Waals surface area contributed by atoms with Crippen molar-refractivity contribution in [2.75, 3.05) is 0 Å². The predicted octanol–water partition coefficient (Wildman–Crippen LogP) is 4.57. The minimum absolute atomic E-state index is 0.0722. The van der Waals surface area contributed by atoms with Crippen LogP contribution in [0.3, 0.4) is 0 Å². The maximum atomic E-state index is 13.2. The number of nitrogens with two attached hydrogens (primary N) is 1. The first kappa shape index (κ1) is 22.7. The molecule has 2 aromatic heterocycles. The topological polar surface area (TPSA) is 108 Å². The Kier molecular flexibility index (Phi) is 7.14. The van der Waals surface area contributed by atoms with E-state index in [9.17, 15) is 15.0 Å². The van der Waals surface area contributed by atoms with Gasteiger partial charge < -0.3 is 21.3 Å². The number of hydrogen-bond donors (Lipinski definition) is 4. The smallest absolute Gasteiger partial charge is 0.261 e. The van der Waals surface area contributed by atoms with Crippen LogP contribution >= 0.6 is 11.3 Å². The van der Waals surface area contributed by atoms with Crippen LogP contribution in [0.2, 0.25) is 0 Å². The zero-order valence-electron chi connectivity index (χ0n) is 17.9. The summed E-state index contributed by atoms with van der Waals surface area (Å²) in [5, 5.41) is 23.1. The molecule has 2 aromatic carbocycles. The largest absolute Gasteiger partial charge is 0.508 e. The molecular weight excluding hydrogens is 434 g/mol. The molecule has 0 radical (unpaired) electrons. The Hall–Kier alpha value is -3.52. The number of carbonyl (C=O) groups excluding carboxylic acids is 1.